The number of rotatable bonds is 4. The molecule has 0 bridgehead atoms. The highest BCUT2D eigenvalue weighted by atomic mass is 35.5. The monoisotopic (exact) mass is 494 g/mol. The second-order valence-electron chi connectivity index (χ2n) is 9.51. The lowest BCUT2D eigenvalue weighted by atomic mass is 9.91. The molecule has 3 aromatic rings. The number of halogens is 2. The van der Waals surface area contributed by atoms with Crippen LogP contribution in [-0.4, -0.2) is 52.5 Å². The Morgan fingerprint density at radius 3 is 2.50 bits per heavy atom. The largest absolute Gasteiger partial charge is 0.347 e. The molecule has 34 heavy (non-hydrogen) atoms. The molecule has 2 aliphatic rings. The summed E-state index contributed by atoms with van der Waals surface area (Å²) in [5.74, 6) is -0.0253. The molecule has 0 radical (unpaired) electrons. The minimum Gasteiger partial charge on any atom is -0.347 e. The molecular weight excluding hydrogens is 467 g/mol. The third-order valence-electron chi connectivity index (χ3n) is 7.56. The summed E-state index contributed by atoms with van der Waals surface area (Å²) in [5, 5.41) is 11.4. The first-order chi connectivity index (χ1) is 16.4. The Morgan fingerprint density at radius 1 is 1.12 bits per heavy atom. The van der Waals surface area contributed by atoms with Crippen molar-refractivity contribution in [2.75, 3.05) is 26.2 Å². The summed E-state index contributed by atoms with van der Waals surface area (Å²) in [6, 6.07) is 12.4. The topological polar surface area (TPSA) is 52.3 Å². The van der Waals surface area contributed by atoms with Crippen LogP contribution in [0.15, 0.2) is 30.3 Å². The number of hydrogen-bond acceptors (Lipinski definition) is 3. The van der Waals surface area contributed by atoms with Gasteiger partial charge in [-0.2, -0.15) is 5.26 Å². The fraction of sp³-hybridized carbons (Fsp3) is 0.407. The van der Waals surface area contributed by atoms with Crippen LogP contribution in [-0.2, 0) is 13.5 Å². The molecule has 0 spiro atoms. The van der Waals surface area contributed by atoms with Crippen LogP contribution >= 0.6 is 23.2 Å². The predicted octanol–water partition coefficient (Wildman–Crippen LogP) is 5.57. The van der Waals surface area contributed by atoms with E-state index in [1.807, 2.05) is 31.0 Å². The number of nitriles is 1. The zero-order chi connectivity index (χ0) is 24.0. The minimum atomic E-state index is -0.0253. The first-order valence-corrected chi connectivity index (χ1v) is 12.6. The molecule has 1 amide bonds. The summed E-state index contributed by atoms with van der Waals surface area (Å²) in [5.41, 5.74) is 4.98. The van der Waals surface area contributed by atoms with Crippen LogP contribution in [0.4, 0.5) is 0 Å². The van der Waals surface area contributed by atoms with E-state index in [2.05, 4.69) is 21.6 Å². The number of carbonyl (C=O) groups excluding carboxylic acids is 1. The molecule has 2 fully saturated rings. The summed E-state index contributed by atoms with van der Waals surface area (Å²) >= 11 is 13.4. The molecule has 2 heterocycles. The maximum absolute atomic E-state index is 13.4. The zero-order valence-electron chi connectivity index (χ0n) is 19.6. The van der Waals surface area contributed by atoms with Crippen molar-refractivity contribution in [1.82, 2.24) is 14.4 Å². The molecule has 1 aliphatic carbocycles. The Hall–Kier alpha value is -2.52. The lowest BCUT2D eigenvalue weighted by Gasteiger charge is -2.43. The second kappa shape index (κ2) is 9.26. The number of piperazine rings is 1. The number of fused-ring (bicyclic) bond motifs is 1. The number of aromatic nitrogens is 1. The molecule has 0 atom stereocenters. The number of aryl methyl sites for hydroxylation is 2. The number of carbonyl (C=O) groups is 1. The molecule has 5 rings (SSSR count). The third kappa shape index (κ3) is 4.09. The summed E-state index contributed by atoms with van der Waals surface area (Å²) in [6.45, 7) is 5.32. The predicted molar refractivity (Wildman–Crippen MR) is 137 cm³/mol. The van der Waals surface area contributed by atoms with Gasteiger partial charge in [-0.3, -0.25) is 9.69 Å². The number of nitrogens with zero attached hydrogens (tertiary/aromatic N) is 4. The molecule has 1 saturated carbocycles. The van der Waals surface area contributed by atoms with E-state index in [4.69, 9.17) is 23.2 Å². The van der Waals surface area contributed by atoms with Gasteiger partial charge < -0.3 is 9.47 Å². The van der Waals surface area contributed by atoms with Crippen molar-refractivity contribution in [2.45, 2.75) is 38.6 Å². The zero-order valence-corrected chi connectivity index (χ0v) is 21.1. The fourth-order valence-electron chi connectivity index (χ4n) is 5.22. The highest BCUT2D eigenvalue weighted by Gasteiger charge is 2.30. The van der Waals surface area contributed by atoms with Crippen LogP contribution in [0.25, 0.3) is 10.9 Å². The summed E-state index contributed by atoms with van der Waals surface area (Å²) in [7, 11) is 1.98. The van der Waals surface area contributed by atoms with Crippen LogP contribution in [0.1, 0.15) is 52.0 Å². The average Bonchev–Trinajstić information content (AvgIpc) is 3.11. The smallest absolute Gasteiger partial charge is 0.255 e. The molecule has 176 valence electrons. The number of hydrogen-bond donors (Lipinski definition) is 0. The van der Waals surface area contributed by atoms with Gasteiger partial charge in [0, 0.05) is 67.3 Å². The molecule has 1 saturated heterocycles. The average molecular weight is 495 g/mol. The third-order valence-corrected chi connectivity index (χ3v) is 8.35. The maximum atomic E-state index is 13.4. The van der Waals surface area contributed by atoms with E-state index in [9.17, 15) is 10.1 Å². The van der Waals surface area contributed by atoms with Gasteiger partial charge in [-0.25, -0.2) is 0 Å². The molecule has 1 aromatic heterocycles. The van der Waals surface area contributed by atoms with Gasteiger partial charge in [-0.1, -0.05) is 29.6 Å². The van der Waals surface area contributed by atoms with E-state index in [0.29, 0.717) is 33.6 Å². The van der Waals surface area contributed by atoms with Gasteiger partial charge in [-0.15, -0.1) is 0 Å². The number of benzene rings is 2. The van der Waals surface area contributed by atoms with Gasteiger partial charge in [0.05, 0.1) is 22.2 Å². The highest BCUT2D eigenvalue weighted by molar-refractivity contribution is 6.38. The quantitative estimate of drug-likeness (QED) is 0.476. The summed E-state index contributed by atoms with van der Waals surface area (Å²) in [4.78, 5) is 17.8. The van der Waals surface area contributed by atoms with Crippen molar-refractivity contribution >= 4 is 40.0 Å². The first kappa shape index (κ1) is 23.2. The van der Waals surface area contributed by atoms with E-state index in [0.717, 1.165) is 53.9 Å². The van der Waals surface area contributed by atoms with E-state index in [1.54, 1.807) is 12.1 Å². The van der Waals surface area contributed by atoms with Crippen LogP contribution in [0, 0.1) is 18.3 Å². The van der Waals surface area contributed by atoms with Gasteiger partial charge >= 0.3 is 0 Å². The van der Waals surface area contributed by atoms with Crippen molar-refractivity contribution < 1.29 is 4.79 Å². The van der Waals surface area contributed by atoms with Crippen molar-refractivity contribution in [2.24, 2.45) is 7.05 Å². The molecule has 5 nitrogen and oxygen atoms in total. The van der Waals surface area contributed by atoms with Crippen molar-refractivity contribution in [3.8, 4) is 6.07 Å². The van der Waals surface area contributed by atoms with E-state index in [-0.39, 0.29) is 5.91 Å². The lowest BCUT2D eigenvalue weighted by molar-refractivity contribution is 0.0455. The van der Waals surface area contributed by atoms with Crippen LogP contribution in [0.2, 0.25) is 10.0 Å². The van der Waals surface area contributed by atoms with Crippen molar-refractivity contribution in [1.29, 1.82) is 5.26 Å². The normalized spacial score (nSPS) is 17.1. The Morgan fingerprint density at radius 2 is 1.85 bits per heavy atom. The SMILES string of the molecule is Cc1cc(C#N)cc2c1cc(Cc1c(Cl)ccc(C(=O)N3CCN(C4CCC4)CC3)c1Cl)n2C. The standard InChI is InChI=1S/C27H28Cl2N4O/c1-17-12-18(16-30)13-25-22(17)14-20(31(25)2)15-23-24(28)7-6-21(26(23)29)27(34)33-10-8-32(9-11-33)19-4-3-5-19/h6-7,12-14,19H,3-5,8-11,15H2,1-2H3. The number of amides is 1. The van der Waals surface area contributed by atoms with Crippen LogP contribution in [0.3, 0.4) is 0 Å². The van der Waals surface area contributed by atoms with E-state index < -0.39 is 0 Å². The molecule has 0 unspecified atom stereocenters. The molecule has 7 heteroatoms. The molecule has 0 N–H and O–H groups in total. The van der Waals surface area contributed by atoms with Gasteiger partial charge in [0.1, 0.15) is 0 Å². The molecular formula is C27H28Cl2N4O. The van der Waals surface area contributed by atoms with Gasteiger partial charge in [-0.05, 0) is 61.2 Å². The van der Waals surface area contributed by atoms with E-state index >= 15 is 0 Å². The molecule has 2 aromatic carbocycles. The van der Waals surface area contributed by atoms with Gasteiger partial charge in [0.2, 0.25) is 0 Å². The van der Waals surface area contributed by atoms with E-state index in [1.165, 1.54) is 19.3 Å². The maximum Gasteiger partial charge on any atom is 0.255 e. The van der Waals surface area contributed by atoms with Crippen LogP contribution in [0.5, 0.6) is 0 Å². The van der Waals surface area contributed by atoms with Crippen molar-refractivity contribution in [3.63, 3.8) is 0 Å². The minimum absolute atomic E-state index is 0.0253. The summed E-state index contributed by atoms with van der Waals surface area (Å²) in [6.07, 6.45) is 4.39. The Bertz CT molecular complexity index is 1310. The highest BCUT2D eigenvalue weighted by Crippen LogP contribution is 2.34. The Labute approximate surface area is 210 Å². The summed E-state index contributed by atoms with van der Waals surface area (Å²) < 4.78 is 2.07. The van der Waals surface area contributed by atoms with Crippen molar-refractivity contribution in [3.05, 3.63) is 68.3 Å². The lowest BCUT2D eigenvalue weighted by Crippen LogP contribution is -2.53. The Kier molecular flexibility index (Phi) is 6.33. The van der Waals surface area contributed by atoms with Gasteiger partial charge in [0.15, 0.2) is 0 Å². The fourth-order valence-corrected chi connectivity index (χ4v) is 5.80. The first-order valence-electron chi connectivity index (χ1n) is 11.9. The Balaban J connectivity index is 1.41. The second-order valence-corrected chi connectivity index (χ2v) is 10.3. The van der Waals surface area contributed by atoms with Gasteiger partial charge in [0.25, 0.3) is 5.91 Å². The molecule has 1 aliphatic heterocycles. The van der Waals surface area contributed by atoms with Crippen LogP contribution < -0.4 is 0 Å².